The maximum atomic E-state index is 2.50. The molecule has 0 aromatic carbocycles. The molecule has 66 valence electrons. The van der Waals surface area contributed by atoms with Gasteiger partial charge in [-0.05, 0) is 24.7 Å². The van der Waals surface area contributed by atoms with E-state index in [1.54, 1.807) is 6.42 Å². The first-order valence-electron chi connectivity index (χ1n) is 5.16. The van der Waals surface area contributed by atoms with Crippen LogP contribution >= 0.6 is 0 Å². The van der Waals surface area contributed by atoms with Crippen molar-refractivity contribution in [2.24, 2.45) is 5.41 Å². The fourth-order valence-corrected chi connectivity index (χ4v) is 3.75. The van der Waals surface area contributed by atoms with Gasteiger partial charge in [0.05, 0.1) is 0 Å². The molecule has 0 nitrogen and oxygen atoms in total. The Kier molecular flexibility index (Phi) is 3.17. The molecule has 2 unspecified atom stereocenters. The van der Waals surface area contributed by atoms with Gasteiger partial charge < -0.3 is 0 Å². The van der Waals surface area contributed by atoms with E-state index in [1.165, 1.54) is 42.3 Å². The van der Waals surface area contributed by atoms with Crippen molar-refractivity contribution in [3.8, 4) is 0 Å². The van der Waals surface area contributed by atoms with Gasteiger partial charge in [0.2, 0.25) is 0 Å². The molecule has 0 aromatic rings. The maximum absolute atomic E-state index is 2.50. The minimum Gasteiger partial charge on any atom is -0.0654 e. The Bertz CT molecular complexity index is 122. The first-order chi connectivity index (χ1) is 5.16. The Morgan fingerprint density at radius 1 is 1.55 bits per heavy atom. The van der Waals surface area contributed by atoms with E-state index in [1.807, 2.05) is 0 Å². The second-order valence-corrected chi connectivity index (χ2v) is 6.40. The molecule has 0 aromatic heterocycles. The Labute approximate surface area is 74.2 Å². The summed E-state index contributed by atoms with van der Waals surface area (Å²) in [4.78, 5) is 0. The van der Waals surface area contributed by atoms with Gasteiger partial charge in [0.15, 0.2) is 0 Å². The molecule has 1 saturated carbocycles. The van der Waals surface area contributed by atoms with E-state index in [2.05, 4.69) is 13.8 Å². The monoisotopic (exact) mass is 170 g/mol. The van der Waals surface area contributed by atoms with Crippen molar-refractivity contribution in [3.05, 3.63) is 0 Å². The van der Waals surface area contributed by atoms with E-state index >= 15 is 0 Å². The minimum absolute atomic E-state index is 0.752. The second kappa shape index (κ2) is 3.75. The van der Waals surface area contributed by atoms with Crippen LogP contribution in [-0.4, -0.2) is 10.2 Å². The number of hydrogen-bond donors (Lipinski definition) is 0. The number of unbranched alkanes of at least 4 members (excludes halogenated alkanes) is 1. The third kappa shape index (κ3) is 2.62. The molecule has 1 fully saturated rings. The Balaban J connectivity index is 2.29. The summed E-state index contributed by atoms with van der Waals surface area (Å²) < 4.78 is 0. The molecule has 1 rings (SSSR count). The summed E-state index contributed by atoms with van der Waals surface area (Å²) in [5.74, 6) is 0. The predicted molar refractivity (Wildman–Crippen MR) is 55.2 cm³/mol. The average Bonchev–Trinajstić information content (AvgIpc) is 2.28. The van der Waals surface area contributed by atoms with Gasteiger partial charge in [-0.1, -0.05) is 38.7 Å². The Morgan fingerprint density at radius 2 is 2.27 bits per heavy atom. The standard InChI is InChI=1S/C10H22Si/c1-3-4-6-10(2)7-5-9(11)8-10/h9H,3-8H2,1-2,11H3. The van der Waals surface area contributed by atoms with Crippen LogP contribution in [0.3, 0.4) is 0 Å². The van der Waals surface area contributed by atoms with Gasteiger partial charge in [0.25, 0.3) is 0 Å². The molecule has 0 heterocycles. The lowest BCUT2D eigenvalue weighted by Gasteiger charge is -2.23. The lowest BCUT2D eigenvalue weighted by molar-refractivity contribution is 0.298. The summed E-state index contributed by atoms with van der Waals surface area (Å²) in [6.45, 7) is 4.80. The highest BCUT2D eigenvalue weighted by atomic mass is 28.1. The molecule has 0 radical (unpaired) electrons. The average molecular weight is 170 g/mol. The summed E-state index contributed by atoms with van der Waals surface area (Å²) in [6.07, 6.45) is 8.90. The zero-order valence-electron chi connectivity index (χ0n) is 8.32. The molecule has 0 aliphatic heterocycles. The van der Waals surface area contributed by atoms with E-state index in [9.17, 15) is 0 Å². The molecule has 11 heavy (non-hydrogen) atoms. The second-order valence-electron chi connectivity index (χ2n) is 4.76. The van der Waals surface area contributed by atoms with Crippen LogP contribution in [0.4, 0.5) is 0 Å². The lowest BCUT2D eigenvalue weighted by atomic mass is 9.83. The molecule has 0 bridgehead atoms. The fourth-order valence-electron chi connectivity index (χ4n) is 2.47. The van der Waals surface area contributed by atoms with E-state index in [4.69, 9.17) is 0 Å². The number of rotatable bonds is 3. The molecule has 0 N–H and O–H groups in total. The highest BCUT2D eigenvalue weighted by Crippen LogP contribution is 2.46. The molecule has 1 heteroatoms. The summed E-state index contributed by atoms with van der Waals surface area (Å²) in [6, 6.07) is 0. The van der Waals surface area contributed by atoms with Gasteiger partial charge in [0.1, 0.15) is 0 Å². The van der Waals surface area contributed by atoms with Gasteiger partial charge in [-0.15, -0.1) is 0 Å². The third-order valence-electron chi connectivity index (χ3n) is 3.22. The third-order valence-corrected chi connectivity index (χ3v) is 4.20. The first kappa shape index (κ1) is 9.31. The van der Waals surface area contributed by atoms with Crippen LogP contribution in [0.2, 0.25) is 5.54 Å². The summed E-state index contributed by atoms with van der Waals surface area (Å²) in [7, 11) is 1.43. The van der Waals surface area contributed by atoms with Crippen LogP contribution in [-0.2, 0) is 0 Å². The molecule has 2 atom stereocenters. The van der Waals surface area contributed by atoms with Crippen molar-refractivity contribution >= 4 is 10.2 Å². The van der Waals surface area contributed by atoms with Crippen molar-refractivity contribution in [1.82, 2.24) is 0 Å². The van der Waals surface area contributed by atoms with Crippen molar-refractivity contribution in [2.75, 3.05) is 0 Å². The normalized spacial score (nSPS) is 38.2. The van der Waals surface area contributed by atoms with Gasteiger partial charge in [0, 0.05) is 10.2 Å². The summed E-state index contributed by atoms with van der Waals surface area (Å²) >= 11 is 0. The maximum Gasteiger partial charge on any atom is 0.00675 e. The van der Waals surface area contributed by atoms with Gasteiger partial charge in [-0.25, -0.2) is 0 Å². The van der Waals surface area contributed by atoms with E-state index in [0.717, 1.165) is 11.0 Å². The highest BCUT2D eigenvalue weighted by molar-refractivity contribution is 6.11. The molecule has 1 aliphatic carbocycles. The van der Waals surface area contributed by atoms with Gasteiger partial charge in [-0.2, -0.15) is 0 Å². The van der Waals surface area contributed by atoms with Crippen LogP contribution in [0.25, 0.3) is 0 Å². The van der Waals surface area contributed by atoms with E-state index in [-0.39, 0.29) is 0 Å². The van der Waals surface area contributed by atoms with Crippen molar-refractivity contribution in [2.45, 2.75) is 57.9 Å². The van der Waals surface area contributed by atoms with E-state index in [0.29, 0.717) is 0 Å². The minimum atomic E-state index is 0.752. The molecular formula is C10H22Si. The first-order valence-corrected chi connectivity index (χ1v) is 6.32. The quantitative estimate of drug-likeness (QED) is 0.571. The van der Waals surface area contributed by atoms with Gasteiger partial charge in [-0.3, -0.25) is 0 Å². The van der Waals surface area contributed by atoms with Crippen LogP contribution < -0.4 is 0 Å². The molecule has 1 aliphatic rings. The SMILES string of the molecule is CCCCC1(C)CCC([SiH3])C1. The van der Waals surface area contributed by atoms with Crippen molar-refractivity contribution in [1.29, 1.82) is 0 Å². The Morgan fingerprint density at radius 3 is 2.73 bits per heavy atom. The summed E-state index contributed by atoms with van der Waals surface area (Å²) in [5.41, 5.74) is 1.89. The largest absolute Gasteiger partial charge is 0.0654 e. The predicted octanol–water partition coefficient (Wildman–Crippen LogP) is 2.52. The topological polar surface area (TPSA) is 0 Å². The molecule has 0 spiro atoms. The van der Waals surface area contributed by atoms with Crippen LogP contribution in [0.15, 0.2) is 0 Å². The van der Waals surface area contributed by atoms with Crippen molar-refractivity contribution < 1.29 is 0 Å². The number of hydrogen-bond acceptors (Lipinski definition) is 0. The highest BCUT2D eigenvalue weighted by Gasteiger charge is 2.31. The van der Waals surface area contributed by atoms with Crippen LogP contribution in [0, 0.1) is 5.41 Å². The lowest BCUT2D eigenvalue weighted by Crippen LogP contribution is -2.10. The molecule has 0 amide bonds. The molecular weight excluding hydrogens is 148 g/mol. The summed E-state index contributed by atoms with van der Waals surface area (Å²) in [5, 5.41) is 0. The van der Waals surface area contributed by atoms with Gasteiger partial charge >= 0.3 is 0 Å². The zero-order valence-corrected chi connectivity index (χ0v) is 10.3. The van der Waals surface area contributed by atoms with Crippen LogP contribution in [0.1, 0.15) is 52.4 Å². The van der Waals surface area contributed by atoms with Crippen LogP contribution in [0.5, 0.6) is 0 Å². The smallest absolute Gasteiger partial charge is 0.00675 e. The zero-order chi connectivity index (χ0) is 8.32. The van der Waals surface area contributed by atoms with Crippen molar-refractivity contribution in [3.63, 3.8) is 0 Å². The fraction of sp³-hybridized carbons (Fsp3) is 1.00. The Hall–Kier alpha value is 0.217. The molecule has 0 saturated heterocycles. The van der Waals surface area contributed by atoms with E-state index < -0.39 is 0 Å².